The molecule has 3 heterocycles. The quantitative estimate of drug-likeness (QED) is 0.308. The molecule has 166 valence electrons. The van der Waals surface area contributed by atoms with E-state index in [1.165, 1.54) is 12.7 Å². The number of carbonyl (C=O) groups is 1. The van der Waals surface area contributed by atoms with Gasteiger partial charge in [-0.15, -0.1) is 0 Å². The van der Waals surface area contributed by atoms with Crippen LogP contribution in [0.15, 0.2) is 12.7 Å². The average Bonchev–Trinajstić information content (AvgIpc) is 3.24. The Hall–Kier alpha value is -2.15. The van der Waals surface area contributed by atoms with Crippen LogP contribution < -0.4 is 11.5 Å². The molecule has 1 saturated heterocycles. The van der Waals surface area contributed by atoms with Crippen molar-refractivity contribution in [1.82, 2.24) is 19.5 Å². The van der Waals surface area contributed by atoms with Crippen molar-refractivity contribution in [3.8, 4) is 0 Å². The van der Waals surface area contributed by atoms with Gasteiger partial charge in [0.25, 0.3) is 0 Å². The van der Waals surface area contributed by atoms with E-state index in [9.17, 15) is 9.36 Å². The summed E-state index contributed by atoms with van der Waals surface area (Å²) in [5.41, 5.74) is 12.5. The Morgan fingerprint density at radius 1 is 1.40 bits per heavy atom. The van der Waals surface area contributed by atoms with Gasteiger partial charge in [0.1, 0.15) is 30.3 Å². The second kappa shape index (κ2) is 8.92. The number of anilines is 1. The third kappa shape index (κ3) is 5.12. The Labute approximate surface area is 171 Å². The second-order valence-electron chi connectivity index (χ2n) is 7.38. The van der Waals surface area contributed by atoms with Crippen LogP contribution in [0.1, 0.15) is 26.5 Å². The zero-order chi connectivity index (χ0) is 22.1. The van der Waals surface area contributed by atoms with Crippen LogP contribution >= 0.6 is 7.60 Å². The summed E-state index contributed by atoms with van der Waals surface area (Å²) in [5.74, 6) is -0.519. The van der Waals surface area contributed by atoms with Crippen molar-refractivity contribution >= 4 is 30.5 Å². The lowest BCUT2D eigenvalue weighted by Crippen LogP contribution is -2.40. The van der Waals surface area contributed by atoms with E-state index >= 15 is 0 Å². The molecule has 13 nitrogen and oxygen atoms in total. The summed E-state index contributed by atoms with van der Waals surface area (Å²) in [5, 5.41) is 0. The summed E-state index contributed by atoms with van der Waals surface area (Å²) in [6.07, 6.45) is 0.0616. The molecule has 1 aliphatic rings. The van der Waals surface area contributed by atoms with Crippen LogP contribution in [0.25, 0.3) is 11.2 Å². The molecule has 2 unspecified atom stereocenters. The van der Waals surface area contributed by atoms with E-state index in [-0.39, 0.29) is 24.8 Å². The molecule has 6 N–H and O–H groups in total. The van der Waals surface area contributed by atoms with Gasteiger partial charge < -0.3 is 35.5 Å². The van der Waals surface area contributed by atoms with E-state index in [0.717, 1.165) is 0 Å². The minimum atomic E-state index is -4.31. The Balaban J connectivity index is 1.81. The van der Waals surface area contributed by atoms with Crippen molar-refractivity contribution in [2.24, 2.45) is 11.7 Å². The number of hydrogen-bond acceptors (Lipinski definition) is 10. The fourth-order valence-corrected chi connectivity index (χ4v) is 3.38. The summed E-state index contributed by atoms with van der Waals surface area (Å²) in [6, 6.07) is -0.812. The Kier molecular flexibility index (Phi) is 6.70. The number of ether oxygens (including phenoxy) is 3. The van der Waals surface area contributed by atoms with Crippen molar-refractivity contribution < 1.29 is 33.4 Å². The van der Waals surface area contributed by atoms with Crippen LogP contribution in [0, 0.1) is 5.92 Å². The molecule has 3 rings (SSSR count). The summed E-state index contributed by atoms with van der Waals surface area (Å²) in [6.45, 7) is 3.50. The van der Waals surface area contributed by atoms with Gasteiger partial charge in [-0.3, -0.25) is 13.9 Å². The van der Waals surface area contributed by atoms with Gasteiger partial charge in [0.05, 0.1) is 19.0 Å². The molecule has 4 atom stereocenters. The maximum atomic E-state index is 12.4. The third-order valence-corrected chi connectivity index (χ3v) is 5.15. The first kappa shape index (κ1) is 22.5. The van der Waals surface area contributed by atoms with Gasteiger partial charge in [0, 0.05) is 6.42 Å². The maximum Gasteiger partial charge on any atom is 0.350 e. The third-order valence-electron chi connectivity index (χ3n) is 4.63. The van der Waals surface area contributed by atoms with Crippen LogP contribution in [0.3, 0.4) is 0 Å². The standard InChI is InChI=1S/C16H25N6O7P/c1-8(2)11(17)16(23)29-10-3-9(4-27-7-30(24,25)26)28-15(10)22-6-21-12-13(18)19-5-20-14(12)22/h5-6,8-11,15H,3-4,7,17H2,1-2H3,(H2,18,19,20)(H2,24,25,26)/t9-,10?,11?,15+/m0/s1. The van der Waals surface area contributed by atoms with E-state index in [0.29, 0.717) is 11.2 Å². The number of nitrogens with zero attached hydrogens (tertiary/aromatic N) is 4. The van der Waals surface area contributed by atoms with Gasteiger partial charge >= 0.3 is 13.6 Å². The van der Waals surface area contributed by atoms with Crippen molar-refractivity contribution in [3.63, 3.8) is 0 Å². The first-order valence-corrected chi connectivity index (χ1v) is 11.0. The lowest BCUT2D eigenvalue weighted by molar-refractivity contribution is -0.157. The Bertz CT molecular complexity index is 947. The molecule has 2 aromatic heterocycles. The molecule has 2 aromatic rings. The minimum absolute atomic E-state index is 0.102. The highest BCUT2D eigenvalue weighted by molar-refractivity contribution is 7.51. The normalized spacial score (nSPS) is 23.2. The van der Waals surface area contributed by atoms with Gasteiger partial charge in [-0.05, 0) is 5.92 Å². The summed E-state index contributed by atoms with van der Waals surface area (Å²) in [4.78, 5) is 42.6. The monoisotopic (exact) mass is 444 g/mol. The number of rotatable bonds is 8. The van der Waals surface area contributed by atoms with Gasteiger partial charge in [-0.25, -0.2) is 15.0 Å². The number of carbonyl (C=O) groups excluding carboxylic acids is 1. The summed E-state index contributed by atoms with van der Waals surface area (Å²) in [7, 11) is -4.31. The summed E-state index contributed by atoms with van der Waals surface area (Å²) >= 11 is 0. The minimum Gasteiger partial charge on any atom is -0.456 e. The van der Waals surface area contributed by atoms with Crippen LogP contribution in [-0.2, 0) is 23.6 Å². The molecule has 30 heavy (non-hydrogen) atoms. The number of imidazole rings is 1. The highest BCUT2D eigenvalue weighted by Gasteiger charge is 2.41. The topological polar surface area (TPSA) is 198 Å². The van der Waals surface area contributed by atoms with Crippen molar-refractivity contribution in [2.45, 2.75) is 44.7 Å². The molecule has 0 amide bonds. The van der Waals surface area contributed by atoms with Crippen LogP contribution in [0.5, 0.6) is 0 Å². The average molecular weight is 444 g/mol. The summed E-state index contributed by atoms with van der Waals surface area (Å²) < 4.78 is 29.2. The smallest absolute Gasteiger partial charge is 0.350 e. The first-order chi connectivity index (χ1) is 14.1. The maximum absolute atomic E-state index is 12.4. The van der Waals surface area contributed by atoms with Crippen LogP contribution in [0.2, 0.25) is 0 Å². The fourth-order valence-electron chi connectivity index (χ4n) is 3.03. The Morgan fingerprint density at radius 3 is 2.80 bits per heavy atom. The van der Waals surface area contributed by atoms with E-state index in [1.54, 1.807) is 18.4 Å². The van der Waals surface area contributed by atoms with Gasteiger partial charge in [0.2, 0.25) is 0 Å². The van der Waals surface area contributed by atoms with Crippen molar-refractivity contribution in [2.75, 3.05) is 18.7 Å². The molecular formula is C16H25N6O7P. The molecular weight excluding hydrogens is 419 g/mol. The molecule has 1 aliphatic heterocycles. The number of esters is 1. The molecule has 0 saturated carbocycles. The predicted octanol–water partition coefficient (Wildman–Crippen LogP) is -0.257. The largest absolute Gasteiger partial charge is 0.456 e. The lowest BCUT2D eigenvalue weighted by atomic mass is 10.1. The number of aromatic nitrogens is 4. The zero-order valence-electron chi connectivity index (χ0n) is 16.5. The van der Waals surface area contributed by atoms with E-state index in [2.05, 4.69) is 15.0 Å². The number of hydrogen-bond donors (Lipinski definition) is 4. The zero-order valence-corrected chi connectivity index (χ0v) is 17.4. The number of nitrogens with two attached hydrogens (primary N) is 2. The van der Waals surface area contributed by atoms with Crippen LogP contribution in [0.4, 0.5) is 5.82 Å². The molecule has 0 spiro atoms. The van der Waals surface area contributed by atoms with E-state index in [4.69, 9.17) is 35.5 Å². The van der Waals surface area contributed by atoms with E-state index in [1.807, 2.05) is 0 Å². The van der Waals surface area contributed by atoms with Crippen molar-refractivity contribution in [3.05, 3.63) is 12.7 Å². The molecule has 14 heteroatoms. The van der Waals surface area contributed by atoms with Gasteiger partial charge in [0.15, 0.2) is 17.7 Å². The van der Waals surface area contributed by atoms with Crippen molar-refractivity contribution in [1.29, 1.82) is 0 Å². The van der Waals surface area contributed by atoms with Gasteiger partial charge in [-0.2, -0.15) is 0 Å². The van der Waals surface area contributed by atoms with Crippen LogP contribution in [-0.4, -0.2) is 66.5 Å². The number of nitrogen functional groups attached to an aromatic ring is 1. The molecule has 0 aromatic carbocycles. The highest BCUT2D eigenvalue weighted by Crippen LogP contribution is 2.36. The molecule has 0 aliphatic carbocycles. The van der Waals surface area contributed by atoms with Gasteiger partial charge in [-0.1, -0.05) is 13.8 Å². The highest BCUT2D eigenvalue weighted by atomic mass is 31.2. The first-order valence-electron chi connectivity index (χ1n) is 9.23. The SMILES string of the molecule is CC(C)C(N)C(=O)OC1C[C@@H](COCP(=O)(O)O)O[C@H]1n1cnc2c(N)ncnc21. The molecule has 0 radical (unpaired) electrons. The molecule has 1 fully saturated rings. The number of fused-ring (bicyclic) bond motifs is 1. The fraction of sp³-hybridized carbons (Fsp3) is 0.625. The second-order valence-corrected chi connectivity index (χ2v) is 8.96. The predicted molar refractivity (Wildman–Crippen MR) is 104 cm³/mol. The Morgan fingerprint density at radius 2 is 2.13 bits per heavy atom. The lowest BCUT2D eigenvalue weighted by Gasteiger charge is -2.23. The van der Waals surface area contributed by atoms with E-state index < -0.39 is 44.4 Å². The molecule has 0 bridgehead atoms.